The first-order valence-corrected chi connectivity index (χ1v) is 8.63. The second-order valence-electron chi connectivity index (χ2n) is 6.37. The van der Waals surface area contributed by atoms with Gasteiger partial charge in [-0.15, -0.1) is 0 Å². The predicted molar refractivity (Wildman–Crippen MR) is 93.3 cm³/mol. The Balaban J connectivity index is 1.55. The van der Waals surface area contributed by atoms with Crippen LogP contribution in [0.4, 0.5) is 4.79 Å². The van der Waals surface area contributed by atoms with Crippen LogP contribution in [-0.2, 0) is 0 Å². The van der Waals surface area contributed by atoms with E-state index in [1.807, 2.05) is 31.2 Å². The Bertz CT molecular complexity index is 686. The van der Waals surface area contributed by atoms with Gasteiger partial charge in [0.1, 0.15) is 17.6 Å². The van der Waals surface area contributed by atoms with E-state index < -0.39 is 6.10 Å². The summed E-state index contributed by atoms with van der Waals surface area (Å²) in [6, 6.07) is 10.7. The van der Waals surface area contributed by atoms with Gasteiger partial charge >= 0.3 is 6.03 Å². The van der Waals surface area contributed by atoms with Gasteiger partial charge in [0, 0.05) is 18.0 Å². The molecule has 2 amide bonds. The SMILES string of the molecule is C[C@H](C[C@@H](O)c1ccco1)NC(=O)N[C@H]1CCCOc2ccccc21. The van der Waals surface area contributed by atoms with Gasteiger partial charge in [0.25, 0.3) is 0 Å². The topological polar surface area (TPSA) is 83.7 Å². The van der Waals surface area contributed by atoms with Gasteiger partial charge < -0.3 is 24.9 Å². The lowest BCUT2D eigenvalue weighted by Gasteiger charge is -2.21. The average molecular weight is 344 g/mol. The monoisotopic (exact) mass is 344 g/mol. The van der Waals surface area contributed by atoms with Crippen molar-refractivity contribution in [3.8, 4) is 5.75 Å². The van der Waals surface area contributed by atoms with Crippen molar-refractivity contribution < 1.29 is 19.1 Å². The molecule has 2 aromatic rings. The van der Waals surface area contributed by atoms with Crippen molar-refractivity contribution in [3.63, 3.8) is 0 Å². The van der Waals surface area contributed by atoms with Crippen molar-refractivity contribution in [1.82, 2.24) is 10.6 Å². The fourth-order valence-corrected chi connectivity index (χ4v) is 3.09. The Labute approximate surface area is 147 Å². The average Bonchev–Trinajstić information content (AvgIpc) is 3.05. The van der Waals surface area contributed by atoms with Crippen LogP contribution in [0.5, 0.6) is 5.75 Å². The number of rotatable bonds is 5. The molecule has 6 heteroatoms. The molecule has 1 aliphatic rings. The highest BCUT2D eigenvalue weighted by molar-refractivity contribution is 5.75. The van der Waals surface area contributed by atoms with E-state index in [-0.39, 0.29) is 18.1 Å². The molecule has 0 spiro atoms. The van der Waals surface area contributed by atoms with Gasteiger partial charge in [-0.05, 0) is 38.0 Å². The number of benzene rings is 1. The number of urea groups is 1. The minimum atomic E-state index is -0.739. The Morgan fingerprint density at radius 2 is 2.16 bits per heavy atom. The Hall–Kier alpha value is -2.47. The number of fused-ring (bicyclic) bond motifs is 1. The molecular weight excluding hydrogens is 320 g/mol. The summed E-state index contributed by atoms with van der Waals surface area (Å²) in [5, 5.41) is 16.0. The summed E-state index contributed by atoms with van der Waals surface area (Å²) in [4.78, 5) is 12.3. The number of amides is 2. The first-order valence-electron chi connectivity index (χ1n) is 8.63. The van der Waals surface area contributed by atoms with Crippen LogP contribution >= 0.6 is 0 Å². The van der Waals surface area contributed by atoms with Gasteiger partial charge in [0.15, 0.2) is 0 Å². The maximum atomic E-state index is 12.3. The van der Waals surface area contributed by atoms with Gasteiger partial charge in [0.2, 0.25) is 0 Å². The summed E-state index contributed by atoms with van der Waals surface area (Å²) in [5.74, 6) is 1.33. The maximum Gasteiger partial charge on any atom is 0.315 e. The van der Waals surface area contributed by atoms with E-state index in [1.165, 1.54) is 6.26 Å². The van der Waals surface area contributed by atoms with E-state index in [9.17, 15) is 9.90 Å². The molecule has 6 nitrogen and oxygen atoms in total. The second kappa shape index (κ2) is 8.07. The van der Waals surface area contributed by atoms with Crippen molar-refractivity contribution in [2.45, 2.75) is 44.4 Å². The lowest BCUT2D eigenvalue weighted by Crippen LogP contribution is -2.42. The zero-order valence-corrected chi connectivity index (χ0v) is 14.3. The van der Waals surface area contributed by atoms with E-state index in [0.717, 1.165) is 24.2 Å². The molecule has 3 N–H and O–H groups in total. The smallest absolute Gasteiger partial charge is 0.315 e. The van der Waals surface area contributed by atoms with Crippen LogP contribution in [0.25, 0.3) is 0 Å². The number of aliphatic hydroxyl groups excluding tert-OH is 1. The predicted octanol–water partition coefficient (Wildman–Crippen LogP) is 3.30. The number of ether oxygens (including phenoxy) is 1. The largest absolute Gasteiger partial charge is 0.493 e. The summed E-state index contributed by atoms with van der Waals surface area (Å²) in [6.45, 7) is 2.51. The number of hydrogen-bond acceptors (Lipinski definition) is 4. The zero-order chi connectivity index (χ0) is 17.6. The second-order valence-corrected chi connectivity index (χ2v) is 6.37. The quantitative estimate of drug-likeness (QED) is 0.777. The summed E-state index contributed by atoms with van der Waals surface area (Å²) >= 11 is 0. The number of aliphatic hydroxyl groups is 1. The molecule has 1 aromatic heterocycles. The van der Waals surface area contributed by atoms with Crippen molar-refractivity contribution in [1.29, 1.82) is 0 Å². The molecule has 1 aromatic carbocycles. The van der Waals surface area contributed by atoms with E-state index in [2.05, 4.69) is 10.6 Å². The standard InChI is InChI=1S/C19H24N2O4/c1-13(12-16(22)18-9-5-11-25-18)20-19(23)21-15-7-4-10-24-17-8-3-2-6-14(15)17/h2-3,5-6,8-9,11,13,15-16,22H,4,7,10,12H2,1H3,(H2,20,21,23)/t13-,15+,16-/m1/s1. The molecule has 0 fully saturated rings. The number of carbonyl (C=O) groups is 1. The van der Waals surface area contributed by atoms with Gasteiger partial charge in [-0.2, -0.15) is 0 Å². The van der Waals surface area contributed by atoms with Crippen LogP contribution in [-0.4, -0.2) is 23.8 Å². The van der Waals surface area contributed by atoms with Gasteiger partial charge in [-0.25, -0.2) is 4.79 Å². The highest BCUT2D eigenvalue weighted by Crippen LogP contribution is 2.31. The van der Waals surface area contributed by atoms with Crippen LogP contribution < -0.4 is 15.4 Å². The summed E-state index contributed by atoms with van der Waals surface area (Å²) in [7, 11) is 0. The highest BCUT2D eigenvalue weighted by atomic mass is 16.5. The van der Waals surface area contributed by atoms with Crippen molar-refractivity contribution in [2.75, 3.05) is 6.61 Å². The number of furan rings is 1. The molecular formula is C19H24N2O4. The van der Waals surface area contributed by atoms with Crippen LogP contribution in [0, 0.1) is 0 Å². The van der Waals surface area contributed by atoms with Crippen molar-refractivity contribution in [2.24, 2.45) is 0 Å². The molecule has 2 heterocycles. The summed E-state index contributed by atoms with van der Waals surface area (Å²) in [6.07, 6.45) is 2.87. The fraction of sp³-hybridized carbons (Fsp3) is 0.421. The number of nitrogens with one attached hydrogen (secondary N) is 2. The molecule has 25 heavy (non-hydrogen) atoms. The first kappa shape index (κ1) is 17.4. The van der Waals surface area contributed by atoms with E-state index >= 15 is 0 Å². The summed E-state index contributed by atoms with van der Waals surface area (Å²) in [5.41, 5.74) is 0.999. The van der Waals surface area contributed by atoms with Crippen LogP contribution in [0.3, 0.4) is 0 Å². The van der Waals surface area contributed by atoms with Gasteiger partial charge in [-0.3, -0.25) is 0 Å². The normalized spacial score (nSPS) is 19.0. The molecule has 134 valence electrons. The van der Waals surface area contributed by atoms with E-state index in [0.29, 0.717) is 18.8 Å². The molecule has 0 bridgehead atoms. The van der Waals surface area contributed by atoms with E-state index in [4.69, 9.17) is 9.15 Å². The first-order chi connectivity index (χ1) is 12.1. The lowest BCUT2D eigenvalue weighted by molar-refractivity contribution is 0.129. The summed E-state index contributed by atoms with van der Waals surface area (Å²) < 4.78 is 10.9. The minimum Gasteiger partial charge on any atom is -0.493 e. The van der Waals surface area contributed by atoms with Crippen molar-refractivity contribution >= 4 is 6.03 Å². The van der Waals surface area contributed by atoms with Crippen LogP contribution in [0.1, 0.15) is 49.7 Å². The zero-order valence-electron chi connectivity index (χ0n) is 14.3. The Morgan fingerprint density at radius 3 is 2.96 bits per heavy atom. The Morgan fingerprint density at radius 1 is 1.32 bits per heavy atom. The molecule has 3 rings (SSSR count). The van der Waals surface area contributed by atoms with Crippen molar-refractivity contribution in [3.05, 3.63) is 54.0 Å². The molecule has 0 unspecified atom stereocenters. The fourth-order valence-electron chi connectivity index (χ4n) is 3.09. The number of hydrogen-bond donors (Lipinski definition) is 3. The minimum absolute atomic E-state index is 0.0825. The maximum absolute atomic E-state index is 12.3. The van der Waals surface area contributed by atoms with E-state index in [1.54, 1.807) is 12.1 Å². The third-order valence-corrected chi connectivity index (χ3v) is 4.32. The number of para-hydroxylation sites is 1. The molecule has 1 aliphatic heterocycles. The lowest BCUT2D eigenvalue weighted by atomic mass is 10.0. The third-order valence-electron chi connectivity index (χ3n) is 4.32. The molecule has 0 saturated heterocycles. The third kappa shape index (κ3) is 4.54. The van der Waals surface area contributed by atoms with Crippen LogP contribution in [0.15, 0.2) is 47.1 Å². The number of carbonyl (C=O) groups excluding carboxylic acids is 1. The molecule has 0 saturated carbocycles. The molecule has 0 aliphatic carbocycles. The molecule has 3 atom stereocenters. The Kier molecular flexibility index (Phi) is 5.60. The molecule has 0 radical (unpaired) electrons. The van der Waals surface area contributed by atoms with Gasteiger partial charge in [-0.1, -0.05) is 18.2 Å². The van der Waals surface area contributed by atoms with Crippen LogP contribution in [0.2, 0.25) is 0 Å². The van der Waals surface area contributed by atoms with Gasteiger partial charge in [0.05, 0.1) is 18.9 Å². The highest BCUT2D eigenvalue weighted by Gasteiger charge is 2.22.